The van der Waals surface area contributed by atoms with Crippen LogP contribution in [-0.2, 0) is 16.1 Å². The van der Waals surface area contributed by atoms with Gasteiger partial charge in [-0.2, -0.15) is 0 Å². The zero-order valence-electron chi connectivity index (χ0n) is 15.4. The molecule has 1 aromatic heterocycles. The van der Waals surface area contributed by atoms with Gasteiger partial charge < -0.3 is 15.2 Å². The Kier molecular flexibility index (Phi) is 6.72. The first-order valence-corrected chi connectivity index (χ1v) is 8.77. The minimum atomic E-state index is -0.378. The molecule has 1 heterocycles. The van der Waals surface area contributed by atoms with Crippen molar-refractivity contribution in [1.82, 2.24) is 9.88 Å². The smallest absolute Gasteiger partial charge is 0.274 e. The summed E-state index contributed by atoms with van der Waals surface area (Å²) >= 11 is 0. The molecule has 6 nitrogen and oxygen atoms in total. The van der Waals surface area contributed by atoms with Crippen molar-refractivity contribution >= 4 is 17.5 Å². The van der Waals surface area contributed by atoms with Crippen LogP contribution in [0.25, 0.3) is 0 Å². The average molecular weight is 355 g/mol. The summed E-state index contributed by atoms with van der Waals surface area (Å²) in [5.74, 6) is -0.467. The highest BCUT2D eigenvalue weighted by Gasteiger charge is 2.14. The van der Waals surface area contributed by atoms with Crippen LogP contribution < -0.4 is 16.2 Å². The maximum Gasteiger partial charge on any atom is 0.274 e. The normalized spacial score (nSPS) is 11.7. The summed E-state index contributed by atoms with van der Waals surface area (Å²) in [4.78, 5) is 36.7. The van der Waals surface area contributed by atoms with Gasteiger partial charge in [0.1, 0.15) is 12.2 Å². The first-order chi connectivity index (χ1) is 12.4. The average Bonchev–Trinajstić information content (AvgIpc) is 2.62. The van der Waals surface area contributed by atoms with Gasteiger partial charge in [0.05, 0.1) is 6.04 Å². The van der Waals surface area contributed by atoms with Crippen LogP contribution in [0.1, 0.15) is 44.0 Å². The Hall–Kier alpha value is -2.89. The highest BCUT2D eigenvalue weighted by Crippen LogP contribution is 2.11. The lowest BCUT2D eigenvalue weighted by atomic mass is 10.1. The lowest BCUT2D eigenvalue weighted by Crippen LogP contribution is -2.35. The number of aryl methyl sites for hydroxylation is 1. The number of carbonyl (C=O) groups excluding carboxylic acids is 2. The van der Waals surface area contributed by atoms with Crippen LogP contribution in [-0.4, -0.2) is 16.4 Å². The summed E-state index contributed by atoms with van der Waals surface area (Å²) in [6.45, 7) is 5.45. The van der Waals surface area contributed by atoms with E-state index >= 15 is 0 Å². The molecule has 2 rings (SSSR count). The van der Waals surface area contributed by atoms with E-state index in [1.165, 1.54) is 4.57 Å². The molecule has 0 radical (unpaired) electrons. The Labute approximate surface area is 153 Å². The van der Waals surface area contributed by atoms with Gasteiger partial charge in [-0.3, -0.25) is 14.4 Å². The zero-order chi connectivity index (χ0) is 19.1. The van der Waals surface area contributed by atoms with E-state index < -0.39 is 0 Å². The number of nitrogens with zero attached hydrogens (tertiary/aromatic N) is 1. The van der Waals surface area contributed by atoms with E-state index in [0.717, 1.165) is 5.56 Å². The molecule has 0 unspecified atom stereocenters. The van der Waals surface area contributed by atoms with Gasteiger partial charge in [-0.05, 0) is 38.0 Å². The second-order valence-corrected chi connectivity index (χ2v) is 6.28. The molecule has 0 aliphatic carbocycles. The maximum atomic E-state index is 12.6. The van der Waals surface area contributed by atoms with Crippen molar-refractivity contribution < 1.29 is 9.59 Å². The van der Waals surface area contributed by atoms with Gasteiger partial charge in [0.25, 0.3) is 5.56 Å². The van der Waals surface area contributed by atoms with E-state index in [0.29, 0.717) is 18.5 Å². The molecule has 0 saturated carbocycles. The Balaban J connectivity index is 2.11. The fourth-order valence-electron chi connectivity index (χ4n) is 2.66. The zero-order valence-corrected chi connectivity index (χ0v) is 15.4. The SMILES string of the molecule is CCCC(=O)Nc1ccc(C)n(CC(=O)N[C@H](C)c2ccccc2)c1=O. The van der Waals surface area contributed by atoms with Crippen molar-refractivity contribution in [1.29, 1.82) is 0 Å². The van der Waals surface area contributed by atoms with Gasteiger partial charge in [0.2, 0.25) is 11.8 Å². The Morgan fingerprint density at radius 3 is 2.42 bits per heavy atom. The lowest BCUT2D eigenvalue weighted by molar-refractivity contribution is -0.122. The van der Waals surface area contributed by atoms with Crippen LogP contribution in [0.4, 0.5) is 5.69 Å². The predicted molar refractivity (Wildman–Crippen MR) is 102 cm³/mol. The molecule has 138 valence electrons. The van der Waals surface area contributed by atoms with Gasteiger partial charge in [-0.15, -0.1) is 0 Å². The van der Waals surface area contributed by atoms with E-state index in [9.17, 15) is 14.4 Å². The van der Waals surface area contributed by atoms with Crippen LogP contribution in [0.15, 0.2) is 47.3 Å². The fraction of sp³-hybridized carbons (Fsp3) is 0.350. The standard InChI is InChI=1S/C20H25N3O3/c1-4-8-18(24)22-17-12-11-14(2)23(20(17)26)13-19(25)21-15(3)16-9-6-5-7-10-16/h5-7,9-12,15H,4,8,13H2,1-3H3,(H,21,25)(H,22,24)/t15-/m1/s1. The molecule has 0 aliphatic heterocycles. The Bertz CT molecular complexity index is 828. The number of anilines is 1. The third kappa shape index (κ3) is 5.05. The molecule has 1 atom stereocenters. The highest BCUT2D eigenvalue weighted by atomic mass is 16.2. The largest absolute Gasteiger partial charge is 0.348 e. The molecule has 0 aliphatic rings. The van der Waals surface area contributed by atoms with Gasteiger partial charge in [-0.25, -0.2) is 0 Å². The Morgan fingerprint density at radius 2 is 1.77 bits per heavy atom. The van der Waals surface area contributed by atoms with Gasteiger partial charge in [0.15, 0.2) is 0 Å². The second-order valence-electron chi connectivity index (χ2n) is 6.28. The monoisotopic (exact) mass is 355 g/mol. The van der Waals surface area contributed by atoms with Crippen molar-refractivity contribution in [2.45, 2.75) is 46.2 Å². The first kappa shape index (κ1) is 19.4. The first-order valence-electron chi connectivity index (χ1n) is 8.77. The summed E-state index contributed by atoms with van der Waals surface area (Å²) in [7, 11) is 0. The Morgan fingerprint density at radius 1 is 1.08 bits per heavy atom. The molecule has 2 aromatic rings. The lowest BCUT2D eigenvalue weighted by Gasteiger charge is -2.16. The molecule has 0 bridgehead atoms. The van der Waals surface area contributed by atoms with Crippen molar-refractivity contribution in [3.8, 4) is 0 Å². The van der Waals surface area contributed by atoms with E-state index in [4.69, 9.17) is 0 Å². The molecule has 26 heavy (non-hydrogen) atoms. The summed E-state index contributed by atoms with van der Waals surface area (Å²) < 4.78 is 1.37. The highest BCUT2D eigenvalue weighted by molar-refractivity contribution is 5.90. The van der Waals surface area contributed by atoms with Crippen molar-refractivity contribution in [3.05, 3.63) is 64.1 Å². The summed E-state index contributed by atoms with van der Waals surface area (Å²) in [6, 6.07) is 12.7. The number of hydrogen-bond donors (Lipinski definition) is 2. The molecule has 1 aromatic carbocycles. The molecule has 2 amide bonds. The third-order valence-corrected chi connectivity index (χ3v) is 4.12. The number of hydrogen-bond acceptors (Lipinski definition) is 3. The minimum Gasteiger partial charge on any atom is -0.348 e. The molecule has 2 N–H and O–H groups in total. The molecule has 0 saturated heterocycles. The minimum absolute atomic E-state index is 0.0979. The van der Waals surface area contributed by atoms with Gasteiger partial charge in [-0.1, -0.05) is 37.3 Å². The molecule has 0 fully saturated rings. The number of carbonyl (C=O) groups is 2. The number of benzene rings is 1. The molecular formula is C20H25N3O3. The summed E-state index contributed by atoms with van der Waals surface area (Å²) in [5.41, 5.74) is 1.46. The maximum absolute atomic E-state index is 12.6. The number of pyridine rings is 1. The molecular weight excluding hydrogens is 330 g/mol. The van der Waals surface area contributed by atoms with Crippen LogP contribution in [0, 0.1) is 6.92 Å². The van der Waals surface area contributed by atoms with E-state index in [1.807, 2.05) is 44.2 Å². The summed E-state index contributed by atoms with van der Waals surface area (Å²) in [6.07, 6.45) is 1.05. The van der Waals surface area contributed by atoms with Crippen molar-refractivity contribution in [2.75, 3.05) is 5.32 Å². The van der Waals surface area contributed by atoms with E-state index in [-0.39, 0.29) is 35.6 Å². The van der Waals surface area contributed by atoms with Crippen LogP contribution in [0.2, 0.25) is 0 Å². The fourth-order valence-corrected chi connectivity index (χ4v) is 2.66. The number of rotatable bonds is 7. The number of nitrogens with one attached hydrogen (secondary N) is 2. The topological polar surface area (TPSA) is 80.2 Å². The quantitative estimate of drug-likeness (QED) is 0.801. The molecule has 6 heteroatoms. The second kappa shape index (κ2) is 8.99. The predicted octanol–water partition coefficient (Wildman–Crippen LogP) is 2.77. The number of aromatic nitrogens is 1. The summed E-state index contributed by atoms with van der Waals surface area (Å²) in [5, 5.41) is 5.51. The van der Waals surface area contributed by atoms with Gasteiger partial charge in [0, 0.05) is 12.1 Å². The van der Waals surface area contributed by atoms with E-state index in [1.54, 1.807) is 19.1 Å². The van der Waals surface area contributed by atoms with Crippen molar-refractivity contribution in [3.63, 3.8) is 0 Å². The van der Waals surface area contributed by atoms with Crippen LogP contribution in [0.3, 0.4) is 0 Å². The third-order valence-electron chi connectivity index (χ3n) is 4.12. The number of amides is 2. The van der Waals surface area contributed by atoms with Crippen LogP contribution in [0.5, 0.6) is 0 Å². The molecule has 0 spiro atoms. The van der Waals surface area contributed by atoms with E-state index in [2.05, 4.69) is 10.6 Å². The van der Waals surface area contributed by atoms with Gasteiger partial charge >= 0.3 is 0 Å². The van der Waals surface area contributed by atoms with Crippen LogP contribution >= 0.6 is 0 Å². The van der Waals surface area contributed by atoms with Crippen molar-refractivity contribution in [2.24, 2.45) is 0 Å².